The molecule has 1 saturated heterocycles. The topological polar surface area (TPSA) is 140 Å². The highest BCUT2D eigenvalue weighted by Gasteiger charge is 2.52. The zero-order valence-electron chi connectivity index (χ0n) is 21.9. The van der Waals surface area contributed by atoms with E-state index in [4.69, 9.17) is 15.0 Å². The van der Waals surface area contributed by atoms with Gasteiger partial charge in [0.15, 0.2) is 5.69 Å². The van der Waals surface area contributed by atoms with Crippen molar-refractivity contribution in [1.29, 1.82) is 0 Å². The van der Waals surface area contributed by atoms with Gasteiger partial charge in [-0.1, -0.05) is 13.8 Å². The minimum Gasteiger partial charge on any atom is -0.398 e. The van der Waals surface area contributed by atoms with Crippen LogP contribution in [0.1, 0.15) is 82.8 Å². The number of nitrogen functional groups attached to an aromatic ring is 1. The lowest BCUT2D eigenvalue weighted by molar-refractivity contribution is -0.138. The maximum Gasteiger partial charge on any atom is 0.514 e. The van der Waals surface area contributed by atoms with Crippen LogP contribution in [-0.2, 0) is 9.31 Å². The van der Waals surface area contributed by atoms with E-state index in [9.17, 15) is 15.0 Å². The van der Waals surface area contributed by atoms with E-state index in [1.807, 2.05) is 47.6 Å². The van der Waals surface area contributed by atoms with E-state index in [0.717, 1.165) is 5.56 Å². The molecule has 0 bridgehead atoms. The summed E-state index contributed by atoms with van der Waals surface area (Å²) in [6.45, 7) is 11.6. The Morgan fingerprint density at radius 2 is 1.86 bits per heavy atom. The molecule has 0 aromatic carbocycles. The highest BCUT2D eigenvalue weighted by molar-refractivity contribution is 6.61. The number of aromatic nitrogens is 2. The van der Waals surface area contributed by atoms with Crippen LogP contribution in [-0.4, -0.2) is 56.1 Å². The second-order valence-electron chi connectivity index (χ2n) is 11.1. The van der Waals surface area contributed by atoms with E-state index in [1.54, 1.807) is 24.5 Å². The lowest BCUT2D eigenvalue weighted by Crippen LogP contribution is -2.51. The fourth-order valence-electron chi connectivity index (χ4n) is 5.18. The molecule has 4 rings (SSSR count). The van der Waals surface area contributed by atoms with Crippen molar-refractivity contribution in [2.45, 2.75) is 89.6 Å². The quantitative estimate of drug-likeness (QED) is 0.464. The van der Waals surface area contributed by atoms with Crippen LogP contribution in [0.3, 0.4) is 0 Å². The number of nitrogens with two attached hydrogens (primary N) is 1. The zero-order valence-corrected chi connectivity index (χ0v) is 21.9. The number of nitrogens with one attached hydrogen (secondary N) is 1. The summed E-state index contributed by atoms with van der Waals surface area (Å²) in [6, 6.07) is 5.16. The summed E-state index contributed by atoms with van der Waals surface area (Å²) in [5.74, 6) is -0.641. The van der Waals surface area contributed by atoms with Gasteiger partial charge in [0, 0.05) is 6.20 Å². The molecule has 3 heterocycles. The molecule has 0 radical (unpaired) electrons. The number of carbonyl (C=O) groups is 1. The molecular formula is C26H37BN4O5. The molecule has 194 valence electrons. The van der Waals surface area contributed by atoms with Crippen LogP contribution in [0.15, 0.2) is 30.6 Å². The maximum atomic E-state index is 13.3. The molecule has 1 aliphatic heterocycles. The van der Waals surface area contributed by atoms with Crippen molar-refractivity contribution >= 4 is 30.0 Å². The number of carbonyl (C=O) groups excluding carboxylic acids is 1. The Kier molecular flexibility index (Phi) is 6.94. The first-order valence-electron chi connectivity index (χ1n) is 12.6. The van der Waals surface area contributed by atoms with Gasteiger partial charge in [0.25, 0.3) is 5.91 Å². The number of anilines is 2. The minimum absolute atomic E-state index is 0.0542. The first-order valence-corrected chi connectivity index (χ1v) is 12.6. The minimum atomic E-state index is -1.11. The van der Waals surface area contributed by atoms with E-state index >= 15 is 0 Å². The molecule has 0 unspecified atom stereocenters. The van der Waals surface area contributed by atoms with Crippen molar-refractivity contribution in [3.8, 4) is 0 Å². The Morgan fingerprint density at radius 3 is 2.47 bits per heavy atom. The van der Waals surface area contributed by atoms with Gasteiger partial charge in [0.2, 0.25) is 0 Å². The number of amides is 1. The predicted octanol–water partition coefficient (Wildman–Crippen LogP) is 2.63. The Labute approximate surface area is 213 Å². The Bertz CT molecular complexity index is 1110. The lowest BCUT2D eigenvalue weighted by atomic mass is 9.67. The summed E-state index contributed by atoms with van der Waals surface area (Å²) in [5, 5.41) is 24.5. The summed E-state index contributed by atoms with van der Waals surface area (Å²) < 4.78 is 12.2. The van der Waals surface area contributed by atoms with Gasteiger partial charge in [-0.15, -0.1) is 0 Å². The van der Waals surface area contributed by atoms with Gasteiger partial charge < -0.3 is 30.6 Å². The average Bonchev–Trinajstić information content (AvgIpc) is 3.04. The third kappa shape index (κ3) is 4.63. The largest absolute Gasteiger partial charge is 0.514 e. The van der Waals surface area contributed by atoms with Crippen LogP contribution in [0.25, 0.3) is 0 Å². The summed E-state index contributed by atoms with van der Waals surface area (Å²) in [5.41, 5.74) is 6.06. The number of nitrogens with zero attached hydrogens (tertiary/aromatic N) is 2. The van der Waals surface area contributed by atoms with Crippen LogP contribution >= 0.6 is 0 Å². The van der Waals surface area contributed by atoms with Gasteiger partial charge in [0.1, 0.15) is 0 Å². The molecule has 1 amide bonds. The third-order valence-electron chi connectivity index (χ3n) is 8.34. The first-order chi connectivity index (χ1) is 16.8. The van der Waals surface area contributed by atoms with E-state index in [2.05, 4.69) is 15.3 Å². The van der Waals surface area contributed by atoms with Crippen molar-refractivity contribution in [2.24, 2.45) is 5.92 Å². The number of pyridine rings is 2. The summed E-state index contributed by atoms with van der Waals surface area (Å²) in [7, 11) is -0.723. The Balaban J connectivity index is 1.57. The molecule has 2 fully saturated rings. The van der Waals surface area contributed by atoms with Crippen LogP contribution in [0.4, 0.5) is 11.4 Å². The van der Waals surface area contributed by atoms with Gasteiger partial charge in [-0.2, -0.15) is 0 Å². The molecule has 1 saturated carbocycles. The van der Waals surface area contributed by atoms with E-state index < -0.39 is 35.9 Å². The molecule has 2 aromatic rings. The van der Waals surface area contributed by atoms with E-state index in [0.29, 0.717) is 30.5 Å². The van der Waals surface area contributed by atoms with Crippen LogP contribution in [0.2, 0.25) is 0 Å². The molecule has 1 aliphatic carbocycles. The van der Waals surface area contributed by atoms with Crippen LogP contribution < -0.4 is 16.6 Å². The highest BCUT2D eigenvalue weighted by Crippen LogP contribution is 2.45. The van der Waals surface area contributed by atoms with Crippen molar-refractivity contribution in [3.63, 3.8) is 0 Å². The SMILES string of the molecule is CC[C@]1(O)[C@H](O)C[C@H](c2ccncc2NC(=O)c2nc(B3OC(C)(C)C(C)(C)O3)ccc2N)C[C@@H]1C. The van der Waals surface area contributed by atoms with Gasteiger partial charge in [0.05, 0.1) is 46.1 Å². The Hall–Kier alpha value is -2.53. The molecule has 2 aromatic heterocycles. The molecule has 9 nitrogen and oxygen atoms in total. The number of aliphatic hydroxyl groups is 2. The molecule has 5 N–H and O–H groups in total. The van der Waals surface area contributed by atoms with Gasteiger partial charge >= 0.3 is 7.12 Å². The number of hydrogen-bond acceptors (Lipinski definition) is 8. The molecule has 36 heavy (non-hydrogen) atoms. The second-order valence-corrected chi connectivity index (χ2v) is 11.1. The summed E-state index contributed by atoms with van der Waals surface area (Å²) in [4.78, 5) is 22.0. The second kappa shape index (κ2) is 9.41. The zero-order chi connectivity index (χ0) is 26.5. The van der Waals surface area contributed by atoms with E-state index in [-0.39, 0.29) is 23.2 Å². The normalized spacial score (nSPS) is 29.2. The van der Waals surface area contributed by atoms with E-state index in [1.165, 1.54) is 0 Å². The predicted molar refractivity (Wildman–Crippen MR) is 139 cm³/mol. The van der Waals surface area contributed by atoms with Gasteiger partial charge in [-0.05, 0) is 82.6 Å². The number of rotatable bonds is 5. The standard InChI is InChI=1S/C26H37BN4O5/c1-7-26(34)15(2)12-16(13-20(26)32)17-10-11-29-14-19(17)30-23(33)22-18(28)8-9-21(31-22)27-35-24(3,4)25(5,6)36-27/h8-11,14-16,20,32,34H,7,12-13,28H2,1-6H3,(H,30,33)/t15-,16+,20+,26+/m0/s1. The average molecular weight is 496 g/mol. The molecule has 2 aliphatic rings. The van der Waals surface area contributed by atoms with Crippen molar-refractivity contribution in [1.82, 2.24) is 9.97 Å². The highest BCUT2D eigenvalue weighted by atomic mass is 16.7. The molecular weight excluding hydrogens is 459 g/mol. The number of hydrogen-bond donors (Lipinski definition) is 4. The van der Waals surface area contributed by atoms with Crippen molar-refractivity contribution in [2.75, 3.05) is 11.1 Å². The van der Waals surface area contributed by atoms with Crippen molar-refractivity contribution < 1.29 is 24.3 Å². The smallest absolute Gasteiger partial charge is 0.398 e. The third-order valence-corrected chi connectivity index (χ3v) is 8.34. The first kappa shape index (κ1) is 26.5. The monoisotopic (exact) mass is 496 g/mol. The molecule has 10 heteroatoms. The van der Waals surface area contributed by atoms with Crippen molar-refractivity contribution in [3.05, 3.63) is 41.9 Å². The molecule has 4 atom stereocenters. The number of aliphatic hydroxyl groups excluding tert-OH is 1. The van der Waals surface area contributed by atoms with Crippen LogP contribution in [0.5, 0.6) is 0 Å². The lowest BCUT2D eigenvalue weighted by Gasteiger charge is -2.45. The summed E-state index contributed by atoms with van der Waals surface area (Å²) >= 11 is 0. The Morgan fingerprint density at radius 1 is 1.19 bits per heavy atom. The van der Waals surface area contributed by atoms with Gasteiger partial charge in [-0.3, -0.25) is 9.78 Å². The summed E-state index contributed by atoms with van der Waals surface area (Å²) in [6.07, 6.45) is 3.92. The fourth-order valence-corrected chi connectivity index (χ4v) is 5.18. The van der Waals surface area contributed by atoms with Gasteiger partial charge in [-0.25, -0.2) is 4.98 Å². The van der Waals surface area contributed by atoms with Crippen LogP contribution in [0, 0.1) is 5.92 Å². The fraction of sp³-hybridized carbons (Fsp3) is 0.577. The maximum absolute atomic E-state index is 13.3. The molecule has 0 spiro atoms.